The summed E-state index contributed by atoms with van der Waals surface area (Å²) in [5.74, 6) is 0.351. The first-order chi connectivity index (χ1) is 22.1. The third-order valence-corrected chi connectivity index (χ3v) is 9.79. The molecule has 0 atom stereocenters. The van der Waals surface area contributed by atoms with Crippen LogP contribution < -0.4 is 0 Å². The fourth-order valence-corrected chi connectivity index (χ4v) is 6.72. The summed E-state index contributed by atoms with van der Waals surface area (Å²) in [5, 5.41) is 2.24. The highest BCUT2D eigenvalue weighted by atomic mass is 32.1. The van der Waals surface area contributed by atoms with Crippen molar-refractivity contribution in [1.82, 2.24) is 9.97 Å². The number of fused-ring (bicyclic) bond motifs is 2. The Labute approximate surface area is 277 Å². The molecule has 0 spiro atoms. The maximum absolute atomic E-state index is 5.12. The third kappa shape index (κ3) is 6.42. The number of aromatic nitrogens is 2. The van der Waals surface area contributed by atoms with Gasteiger partial charge in [-0.05, 0) is 93.3 Å². The molecule has 2 nitrogen and oxygen atoms in total. The van der Waals surface area contributed by atoms with Gasteiger partial charge in [-0.2, -0.15) is 0 Å². The Balaban J connectivity index is 1.42. The lowest BCUT2D eigenvalue weighted by atomic mass is 9.95. The van der Waals surface area contributed by atoms with Gasteiger partial charge in [0.2, 0.25) is 0 Å². The predicted molar refractivity (Wildman–Crippen MR) is 202 cm³/mol. The Morgan fingerprint density at radius 1 is 0.761 bits per heavy atom. The van der Waals surface area contributed by atoms with Gasteiger partial charge < -0.3 is 0 Å². The van der Waals surface area contributed by atoms with Crippen LogP contribution in [-0.4, -0.2) is 9.97 Å². The molecule has 0 unspecified atom stereocenters. The molecule has 46 heavy (non-hydrogen) atoms. The number of hydrogen-bond donors (Lipinski definition) is 0. The molecule has 3 heteroatoms. The van der Waals surface area contributed by atoms with Crippen molar-refractivity contribution in [2.75, 3.05) is 0 Å². The van der Waals surface area contributed by atoms with E-state index in [-0.39, 0.29) is 5.41 Å². The first kappa shape index (κ1) is 31.1. The first-order valence-electron chi connectivity index (χ1n) is 15.8. The van der Waals surface area contributed by atoms with Crippen LogP contribution in [0, 0.1) is 0 Å². The van der Waals surface area contributed by atoms with Crippen LogP contribution in [0.3, 0.4) is 0 Å². The molecule has 0 fully saturated rings. The second kappa shape index (κ2) is 12.9. The molecule has 0 N–H and O–H groups in total. The molecule has 3 aromatic carbocycles. The van der Waals surface area contributed by atoms with Crippen LogP contribution in [0.2, 0.25) is 0 Å². The number of hydrogen-bond acceptors (Lipinski definition) is 3. The van der Waals surface area contributed by atoms with Crippen molar-refractivity contribution in [2.24, 2.45) is 0 Å². The SMILES string of the molecule is C=C/C=C(\C=C)c1cc(-c2ccc(C(C)(C)C)s2)nc2ccc(/C=C/c3ccc4nc(C(C)C)cc(-c5ccccc5)c4c3)cc12. The summed E-state index contributed by atoms with van der Waals surface area (Å²) in [7, 11) is 0. The van der Waals surface area contributed by atoms with Crippen LogP contribution in [0.15, 0.2) is 122 Å². The monoisotopic (exact) mass is 616 g/mol. The van der Waals surface area contributed by atoms with Gasteiger partial charge in [-0.1, -0.05) is 121 Å². The fraction of sp³-hybridized carbons (Fsp3) is 0.163. The lowest BCUT2D eigenvalue weighted by molar-refractivity contribution is 0.604. The molecule has 0 radical (unpaired) electrons. The van der Waals surface area contributed by atoms with E-state index in [1.165, 1.54) is 20.9 Å². The van der Waals surface area contributed by atoms with E-state index in [2.05, 4.69) is 151 Å². The molecule has 6 aromatic rings. The molecular weight excluding hydrogens is 577 g/mol. The summed E-state index contributed by atoms with van der Waals surface area (Å²) in [6.07, 6.45) is 10.1. The van der Waals surface area contributed by atoms with E-state index in [1.54, 1.807) is 0 Å². The standard InChI is InChI=1S/C43H40N2S/c1-8-13-31(9-2)33-27-40(41-22-23-42(46-41)43(5,6)7)45-38-21-19-29(24-35(33)38)16-17-30-18-20-37-36(25-30)34(26-39(44-37)28(3)4)32-14-11-10-12-15-32/h8-28H,1-2H2,3-7H3/b17-16+,31-13+. The van der Waals surface area contributed by atoms with Crippen LogP contribution in [0.1, 0.15) is 67.8 Å². The molecule has 0 aliphatic rings. The highest BCUT2D eigenvalue weighted by Crippen LogP contribution is 2.37. The van der Waals surface area contributed by atoms with Crippen LogP contribution in [0.25, 0.3) is 61.2 Å². The maximum atomic E-state index is 5.12. The zero-order valence-electron chi connectivity index (χ0n) is 27.3. The van der Waals surface area contributed by atoms with Gasteiger partial charge >= 0.3 is 0 Å². The van der Waals surface area contributed by atoms with E-state index < -0.39 is 0 Å². The minimum Gasteiger partial charge on any atom is -0.253 e. The van der Waals surface area contributed by atoms with Crippen molar-refractivity contribution in [3.63, 3.8) is 0 Å². The van der Waals surface area contributed by atoms with Crippen molar-refractivity contribution in [2.45, 2.75) is 46.0 Å². The molecule has 0 aliphatic heterocycles. The van der Waals surface area contributed by atoms with Gasteiger partial charge in [0.05, 0.1) is 21.6 Å². The summed E-state index contributed by atoms with van der Waals surface area (Å²) in [4.78, 5) is 12.6. The van der Waals surface area contributed by atoms with Crippen molar-refractivity contribution in [3.05, 3.63) is 150 Å². The fourth-order valence-electron chi connectivity index (χ4n) is 5.70. The van der Waals surface area contributed by atoms with E-state index in [1.807, 2.05) is 29.6 Å². The van der Waals surface area contributed by atoms with Crippen molar-refractivity contribution in [3.8, 4) is 21.7 Å². The number of pyridine rings is 2. The lowest BCUT2D eigenvalue weighted by Gasteiger charge is -2.15. The molecular formula is C43H40N2S. The molecule has 0 saturated heterocycles. The van der Waals surface area contributed by atoms with Gasteiger partial charge in [-0.3, -0.25) is 4.98 Å². The molecule has 3 heterocycles. The topological polar surface area (TPSA) is 25.8 Å². The third-order valence-electron chi connectivity index (χ3n) is 8.26. The molecule has 3 aromatic heterocycles. The summed E-state index contributed by atoms with van der Waals surface area (Å²) in [6.45, 7) is 19.2. The van der Waals surface area contributed by atoms with Crippen LogP contribution in [0.5, 0.6) is 0 Å². The van der Waals surface area contributed by atoms with Gasteiger partial charge in [0.15, 0.2) is 0 Å². The zero-order chi connectivity index (χ0) is 32.4. The molecule has 228 valence electrons. The van der Waals surface area contributed by atoms with Gasteiger partial charge in [0.25, 0.3) is 0 Å². The largest absolute Gasteiger partial charge is 0.253 e. The number of benzene rings is 3. The Hall–Kier alpha value is -4.86. The van der Waals surface area contributed by atoms with E-state index >= 15 is 0 Å². The second-order valence-electron chi connectivity index (χ2n) is 13.0. The summed E-state index contributed by atoms with van der Waals surface area (Å²) in [6, 6.07) is 32.5. The highest BCUT2D eigenvalue weighted by Gasteiger charge is 2.18. The summed E-state index contributed by atoms with van der Waals surface area (Å²) < 4.78 is 0. The summed E-state index contributed by atoms with van der Waals surface area (Å²) >= 11 is 1.81. The number of nitrogens with zero attached hydrogens (tertiary/aromatic N) is 2. The molecule has 0 bridgehead atoms. The Bertz CT molecular complexity index is 2140. The number of thiophene rings is 1. The maximum Gasteiger partial charge on any atom is 0.0815 e. The van der Waals surface area contributed by atoms with Crippen LogP contribution in [-0.2, 0) is 5.41 Å². The lowest BCUT2D eigenvalue weighted by Crippen LogP contribution is -2.07. The van der Waals surface area contributed by atoms with Crippen LogP contribution in [0.4, 0.5) is 0 Å². The second-order valence-corrected chi connectivity index (χ2v) is 14.1. The summed E-state index contributed by atoms with van der Waals surface area (Å²) in [5.41, 5.74) is 10.9. The van der Waals surface area contributed by atoms with E-state index in [9.17, 15) is 0 Å². The average molecular weight is 617 g/mol. The van der Waals surface area contributed by atoms with Crippen molar-refractivity contribution >= 4 is 50.9 Å². The smallest absolute Gasteiger partial charge is 0.0815 e. The molecule has 0 amide bonds. The Kier molecular flexibility index (Phi) is 8.71. The molecule has 0 aliphatic carbocycles. The zero-order valence-corrected chi connectivity index (χ0v) is 28.2. The number of rotatable bonds is 8. The van der Waals surface area contributed by atoms with E-state index in [0.29, 0.717) is 5.92 Å². The normalized spacial score (nSPS) is 12.4. The van der Waals surface area contributed by atoms with E-state index in [4.69, 9.17) is 9.97 Å². The van der Waals surface area contributed by atoms with E-state index in [0.717, 1.165) is 55.5 Å². The Morgan fingerprint density at radius 3 is 2.04 bits per heavy atom. The van der Waals surface area contributed by atoms with Crippen molar-refractivity contribution in [1.29, 1.82) is 0 Å². The molecule has 6 rings (SSSR count). The predicted octanol–water partition coefficient (Wildman–Crippen LogP) is 12.5. The van der Waals surface area contributed by atoms with Crippen molar-refractivity contribution < 1.29 is 0 Å². The quantitative estimate of drug-likeness (QED) is 0.126. The number of allylic oxidation sites excluding steroid dienone is 4. The van der Waals surface area contributed by atoms with Crippen LogP contribution >= 0.6 is 11.3 Å². The van der Waals surface area contributed by atoms with Gasteiger partial charge in [-0.25, -0.2) is 4.98 Å². The van der Waals surface area contributed by atoms with Gasteiger partial charge in [0.1, 0.15) is 0 Å². The first-order valence-corrected chi connectivity index (χ1v) is 16.7. The minimum atomic E-state index is 0.0978. The average Bonchev–Trinajstić information content (AvgIpc) is 3.57. The highest BCUT2D eigenvalue weighted by molar-refractivity contribution is 7.15. The Morgan fingerprint density at radius 2 is 1.43 bits per heavy atom. The van der Waals surface area contributed by atoms with Gasteiger partial charge in [-0.15, -0.1) is 11.3 Å². The van der Waals surface area contributed by atoms with Gasteiger partial charge in [0, 0.05) is 21.3 Å². The minimum absolute atomic E-state index is 0.0978. The molecule has 0 saturated carbocycles.